The summed E-state index contributed by atoms with van der Waals surface area (Å²) in [4.78, 5) is 37.8. The number of benzene rings is 2. The van der Waals surface area contributed by atoms with E-state index >= 15 is 0 Å². The van der Waals surface area contributed by atoms with E-state index in [0.29, 0.717) is 5.56 Å². The molecular weight excluding hydrogens is 495 g/mol. The van der Waals surface area contributed by atoms with Crippen LogP contribution in [0.4, 0.5) is 5.82 Å². The molecule has 1 aliphatic carbocycles. The van der Waals surface area contributed by atoms with E-state index in [9.17, 15) is 14.4 Å². The van der Waals surface area contributed by atoms with Crippen LogP contribution in [-0.2, 0) is 12.8 Å². The molecular formula is C23H18Cl2N6O4. The van der Waals surface area contributed by atoms with Crippen molar-refractivity contribution in [2.45, 2.75) is 25.7 Å². The number of aromatic amines is 2. The summed E-state index contributed by atoms with van der Waals surface area (Å²) in [5.74, 6) is -0.244. The predicted octanol–water partition coefficient (Wildman–Crippen LogP) is 3.23. The van der Waals surface area contributed by atoms with E-state index in [1.165, 1.54) is 29.3 Å². The Kier molecular flexibility index (Phi) is 5.91. The zero-order chi connectivity index (χ0) is 24.7. The molecule has 2 aromatic heterocycles. The number of halogens is 2. The van der Waals surface area contributed by atoms with Gasteiger partial charge in [-0.1, -0.05) is 41.4 Å². The molecule has 2 aromatic carbocycles. The van der Waals surface area contributed by atoms with Gasteiger partial charge in [-0.05, 0) is 54.5 Å². The van der Waals surface area contributed by atoms with E-state index in [4.69, 9.17) is 33.7 Å². The van der Waals surface area contributed by atoms with Crippen LogP contribution in [0.1, 0.15) is 24.0 Å². The molecule has 12 heteroatoms. The summed E-state index contributed by atoms with van der Waals surface area (Å²) >= 11 is 12.9. The molecule has 178 valence electrons. The van der Waals surface area contributed by atoms with Crippen LogP contribution in [0.25, 0.3) is 16.8 Å². The van der Waals surface area contributed by atoms with Gasteiger partial charge in [-0.15, -0.1) is 10.2 Å². The molecule has 0 radical (unpaired) electrons. The number of H-pyrrole nitrogens is 2. The van der Waals surface area contributed by atoms with Crippen LogP contribution in [0.2, 0.25) is 10.0 Å². The normalized spacial score (nSPS) is 12.9. The van der Waals surface area contributed by atoms with Crippen LogP contribution >= 0.6 is 23.2 Å². The second kappa shape index (κ2) is 9.05. The standard InChI is InChI=1S/C23H18Cl2N6O4/c24-16-8-14(31-23(34)27-21(33)20(26)30-31)9-17(25)19(16)35-22-15(10-18(32)28-29-22)13-6-5-11-3-1-2-4-12(11)7-13/h5-10H,1-4H2,(H2,26,30)(H,28,32)(H,27,33,34). The van der Waals surface area contributed by atoms with Gasteiger partial charge in [0.25, 0.3) is 11.1 Å². The van der Waals surface area contributed by atoms with Crippen molar-refractivity contribution >= 4 is 29.0 Å². The minimum Gasteiger partial charge on any atom is -0.434 e. The SMILES string of the molecule is Nc1nn(-c2cc(Cl)c(Oc3n[nH]c(=O)cc3-c3ccc4c(c3)CCCC4)c(Cl)c2)c(=O)[nH]c1=O. The fourth-order valence-electron chi connectivity index (χ4n) is 4.03. The Morgan fingerprint density at radius 2 is 1.69 bits per heavy atom. The number of hydrogen-bond donors (Lipinski definition) is 3. The number of hydrogen-bond acceptors (Lipinski definition) is 7. The molecule has 0 unspecified atom stereocenters. The largest absolute Gasteiger partial charge is 0.434 e. The number of nitrogen functional groups attached to an aromatic ring is 1. The number of ether oxygens (including phenoxy) is 1. The molecule has 5 rings (SSSR count). The van der Waals surface area contributed by atoms with Crippen molar-refractivity contribution in [3.8, 4) is 28.4 Å². The van der Waals surface area contributed by atoms with Gasteiger partial charge in [0.1, 0.15) is 0 Å². The molecule has 4 N–H and O–H groups in total. The molecule has 10 nitrogen and oxygen atoms in total. The molecule has 0 fully saturated rings. The van der Waals surface area contributed by atoms with Crippen molar-refractivity contribution in [2.75, 3.05) is 5.73 Å². The Morgan fingerprint density at radius 1 is 0.971 bits per heavy atom. The van der Waals surface area contributed by atoms with E-state index < -0.39 is 22.6 Å². The number of nitrogens with zero attached hydrogens (tertiary/aromatic N) is 3. The number of aromatic nitrogens is 5. The van der Waals surface area contributed by atoms with Crippen molar-refractivity contribution in [2.24, 2.45) is 0 Å². The molecule has 0 saturated carbocycles. The van der Waals surface area contributed by atoms with Crippen molar-refractivity contribution in [1.29, 1.82) is 0 Å². The molecule has 4 aromatic rings. The highest BCUT2D eigenvalue weighted by Crippen LogP contribution is 2.40. The van der Waals surface area contributed by atoms with Gasteiger partial charge in [-0.3, -0.25) is 14.6 Å². The third-order valence-electron chi connectivity index (χ3n) is 5.71. The molecule has 0 amide bonds. The Morgan fingerprint density at radius 3 is 2.43 bits per heavy atom. The summed E-state index contributed by atoms with van der Waals surface area (Å²) < 4.78 is 6.81. The number of nitrogens with two attached hydrogens (primary N) is 1. The first-order chi connectivity index (χ1) is 16.8. The Labute approximate surface area is 207 Å². The summed E-state index contributed by atoms with van der Waals surface area (Å²) in [6.45, 7) is 0. The molecule has 0 bridgehead atoms. The maximum atomic E-state index is 12.2. The smallest absolute Gasteiger partial charge is 0.349 e. The zero-order valence-corrected chi connectivity index (χ0v) is 19.6. The summed E-state index contributed by atoms with van der Waals surface area (Å²) in [6, 6.07) is 10.2. The molecule has 0 atom stereocenters. The fraction of sp³-hybridized carbons (Fsp3) is 0.174. The number of aryl methyl sites for hydroxylation is 2. The van der Waals surface area contributed by atoms with Gasteiger partial charge >= 0.3 is 5.69 Å². The van der Waals surface area contributed by atoms with E-state index in [0.717, 1.165) is 35.9 Å². The second-order valence-electron chi connectivity index (χ2n) is 8.04. The van der Waals surface area contributed by atoms with Gasteiger partial charge in [0.05, 0.1) is 21.3 Å². The first kappa shape index (κ1) is 22.9. The molecule has 35 heavy (non-hydrogen) atoms. The second-order valence-corrected chi connectivity index (χ2v) is 8.85. The number of anilines is 1. The molecule has 1 aliphatic rings. The van der Waals surface area contributed by atoms with E-state index in [1.54, 1.807) is 0 Å². The average molecular weight is 513 g/mol. The van der Waals surface area contributed by atoms with Gasteiger partial charge in [-0.2, -0.15) is 4.68 Å². The Bertz CT molecular complexity index is 1620. The van der Waals surface area contributed by atoms with Gasteiger partial charge in [0.2, 0.25) is 11.7 Å². The topological polar surface area (TPSA) is 149 Å². The van der Waals surface area contributed by atoms with Crippen molar-refractivity contribution in [3.63, 3.8) is 0 Å². The fourth-order valence-corrected chi connectivity index (χ4v) is 4.58. The monoisotopic (exact) mass is 512 g/mol. The van der Waals surface area contributed by atoms with Crippen LogP contribution in [0.5, 0.6) is 11.6 Å². The van der Waals surface area contributed by atoms with E-state index in [-0.39, 0.29) is 27.4 Å². The maximum Gasteiger partial charge on any atom is 0.349 e. The van der Waals surface area contributed by atoms with Crippen molar-refractivity contribution < 1.29 is 4.74 Å². The number of rotatable bonds is 4. The molecule has 0 spiro atoms. The highest BCUT2D eigenvalue weighted by molar-refractivity contribution is 6.37. The summed E-state index contributed by atoms with van der Waals surface area (Å²) in [5.41, 5.74) is 7.46. The van der Waals surface area contributed by atoms with Gasteiger partial charge in [0, 0.05) is 6.07 Å². The number of nitrogens with one attached hydrogen (secondary N) is 2. The van der Waals surface area contributed by atoms with Crippen LogP contribution in [0.3, 0.4) is 0 Å². The maximum absolute atomic E-state index is 12.2. The first-order valence-electron chi connectivity index (χ1n) is 10.7. The lowest BCUT2D eigenvalue weighted by molar-refractivity contribution is 0.456. The van der Waals surface area contributed by atoms with E-state index in [2.05, 4.69) is 26.3 Å². The number of fused-ring (bicyclic) bond motifs is 1. The third-order valence-corrected chi connectivity index (χ3v) is 6.27. The van der Waals surface area contributed by atoms with Gasteiger partial charge in [-0.25, -0.2) is 9.89 Å². The lowest BCUT2D eigenvalue weighted by Gasteiger charge is -2.17. The van der Waals surface area contributed by atoms with Crippen LogP contribution in [-0.4, -0.2) is 25.0 Å². The van der Waals surface area contributed by atoms with Crippen molar-refractivity contribution in [1.82, 2.24) is 25.0 Å². The molecule has 0 aliphatic heterocycles. The van der Waals surface area contributed by atoms with Gasteiger partial charge < -0.3 is 10.5 Å². The zero-order valence-electron chi connectivity index (χ0n) is 18.1. The summed E-state index contributed by atoms with van der Waals surface area (Å²) in [5, 5.41) is 10.3. The minimum absolute atomic E-state index is 0.0374. The predicted molar refractivity (Wildman–Crippen MR) is 132 cm³/mol. The quantitative estimate of drug-likeness (QED) is 0.379. The van der Waals surface area contributed by atoms with Crippen LogP contribution in [0, 0.1) is 0 Å². The third kappa shape index (κ3) is 4.45. The van der Waals surface area contributed by atoms with Crippen molar-refractivity contribution in [3.05, 3.63) is 88.8 Å². The Hall–Kier alpha value is -3.89. The molecule has 2 heterocycles. The highest BCUT2D eigenvalue weighted by atomic mass is 35.5. The molecule has 0 saturated heterocycles. The van der Waals surface area contributed by atoms with E-state index in [1.807, 2.05) is 12.1 Å². The lowest BCUT2D eigenvalue weighted by atomic mass is 9.89. The van der Waals surface area contributed by atoms with Crippen LogP contribution in [0.15, 0.2) is 50.8 Å². The summed E-state index contributed by atoms with van der Waals surface area (Å²) in [7, 11) is 0. The first-order valence-corrected chi connectivity index (χ1v) is 11.4. The average Bonchev–Trinajstić information content (AvgIpc) is 2.84. The lowest BCUT2D eigenvalue weighted by Crippen LogP contribution is -2.33. The Balaban J connectivity index is 1.55. The highest BCUT2D eigenvalue weighted by Gasteiger charge is 2.19. The van der Waals surface area contributed by atoms with Crippen LogP contribution < -0.4 is 27.3 Å². The van der Waals surface area contributed by atoms with Gasteiger partial charge in [0.15, 0.2) is 5.75 Å². The summed E-state index contributed by atoms with van der Waals surface area (Å²) in [6.07, 6.45) is 4.28. The minimum atomic E-state index is -0.818.